The summed E-state index contributed by atoms with van der Waals surface area (Å²) in [5, 5.41) is 15.5. The van der Waals surface area contributed by atoms with Crippen molar-refractivity contribution in [1.29, 1.82) is 0 Å². The summed E-state index contributed by atoms with van der Waals surface area (Å²) in [6.45, 7) is 6.75. The number of morpholine rings is 1. The Morgan fingerprint density at radius 2 is 1.87 bits per heavy atom. The average Bonchev–Trinajstić information content (AvgIpc) is 3.26. The number of aryl methyl sites for hydroxylation is 1. The van der Waals surface area contributed by atoms with Crippen molar-refractivity contribution in [2.75, 3.05) is 51.4 Å². The molecule has 0 radical (unpaired) electrons. The lowest BCUT2D eigenvalue weighted by molar-refractivity contribution is 0.0363. The van der Waals surface area contributed by atoms with Gasteiger partial charge in [-0.25, -0.2) is 4.98 Å². The molecule has 2 N–H and O–H groups in total. The Morgan fingerprint density at radius 3 is 2.62 bits per heavy atom. The molecule has 206 valence electrons. The summed E-state index contributed by atoms with van der Waals surface area (Å²) in [7, 11) is 0. The van der Waals surface area contributed by atoms with Gasteiger partial charge in [-0.05, 0) is 24.6 Å². The Bertz CT molecular complexity index is 1380. The van der Waals surface area contributed by atoms with Crippen LogP contribution in [0.15, 0.2) is 35.4 Å². The van der Waals surface area contributed by atoms with E-state index < -0.39 is 11.8 Å². The second-order valence-electron chi connectivity index (χ2n) is 9.66. The molecule has 11 heteroatoms. The number of imide groups is 1. The van der Waals surface area contributed by atoms with E-state index in [0.717, 1.165) is 75.1 Å². The third-order valence-corrected chi connectivity index (χ3v) is 7.50. The highest BCUT2D eigenvalue weighted by molar-refractivity contribution is 6.31. The van der Waals surface area contributed by atoms with Crippen molar-refractivity contribution < 1.29 is 19.4 Å². The molecule has 10 nitrogen and oxygen atoms in total. The Morgan fingerprint density at radius 1 is 1.10 bits per heavy atom. The molecular formula is C28H33ClN6O4. The van der Waals surface area contributed by atoms with E-state index in [9.17, 15) is 14.7 Å². The van der Waals surface area contributed by atoms with E-state index in [1.54, 1.807) is 30.5 Å². The Hall–Kier alpha value is -3.31. The van der Waals surface area contributed by atoms with Gasteiger partial charge in [-0.3, -0.25) is 24.8 Å². The molecule has 2 amide bonds. The number of hydrazone groups is 1. The largest absolute Gasteiger partial charge is 0.395 e. The maximum atomic E-state index is 13.0. The third kappa shape index (κ3) is 5.56. The molecule has 0 aliphatic carbocycles. The molecular weight excluding hydrogens is 520 g/mol. The minimum atomic E-state index is -0.414. The summed E-state index contributed by atoms with van der Waals surface area (Å²) in [4.78, 5) is 34.0. The van der Waals surface area contributed by atoms with Gasteiger partial charge in [0.25, 0.3) is 11.8 Å². The molecule has 0 spiro atoms. The van der Waals surface area contributed by atoms with Gasteiger partial charge in [-0.2, -0.15) is 5.10 Å². The van der Waals surface area contributed by atoms with Gasteiger partial charge in [0.05, 0.1) is 38.3 Å². The molecule has 0 atom stereocenters. The zero-order valence-corrected chi connectivity index (χ0v) is 22.8. The molecule has 1 saturated heterocycles. The van der Waals surface area contributed by atoms with Crippen LogP contribution in [0.4, 0.5) is 5.69 Å². The highest BCUT2D eigenvalue weighted by Gasteiger charge is 2.32. The molecule has 1 fully saturated rings. The molecule has 0 bridgehead atoms. The maximum absolute atomic E-state index is 13.0. The fraction of sp³-hybridized carbons (Fsp3) is 0.429. The quantitative estimate of drug-likeness (QED) is 0.213. The minimum Gasteiger partial charge on any atom is -0.395 e. The van der Waals surface area contributed by atoms with Gasteiger partial charge in [-0.1, -0.05) is 37.1 Å². The Balaban J connectivity index is 1.41. The summed E-state index contributed by atoms with van der Waals surface area (Å²) in [6, 6.07) is 8.78. The first-order valence-corrected chi connectivity index (χ1v) is 13.8. The summed E-state index contributed by atoms with van der Waals surface area (Å²) >= 11 is 6.58. The highest BCUT2D eigenvalue weighted by atomic mass is 35.5. The number of aliphatic hydroxyl groups excluding tert-OH is 1. The smallest absolute Gasteiger partial charge is 0.261 e. The summed E-state index contributed by atoms with van der Waals surface area (Å²) in [5.41, 5.74) is 5.32. The van der Waals surface area contributed by atoms with E-state index in [4.69, 9.17) is 16.3 Å². The van der Waals surface area contributed by atoms with E-state index >= 15 is 0 Å². The number of carbonyl (C=O) groups excluding carboxylic acids is 2. The maximum Gasteiger partial charge on any atom is 0.261 e. The first-order valence-electron chi connectivity index (χ1n) is 13.4. The number of aliphatic hydroxyl groups is 1. The van der Waals surface area contributed by atoms with Crippen LogP contribution in [-0.4, -0.2) is 88.5 Å². The van der Waals surface area contributed by atoms with E-state index in [-0.39, 0.29) is 13.2 Å². The molecule has 2 aliphatic heterocycles. The van der Waals surface area contributed by atoms with Crippen molar-refractivity contribution in [2.24, 2.45) is 5.10 Å². The molecule has 0 unspecified atom stereocenters. The van der Waals surface area contributed by atoms with E-state index in [1.165, 1.54) is 0 Å². The zero-order chi connectivity index (χ0) is 27.4. The van der Waals surface area contributed by atoms with Gasteiger partial charge in [0.1, 0.15) is 11.5 Å². The van der Waals surface area contributed by atoms with Gasteiger partial charge < -0.3 is 14.4 Å². The number of hydrogen-bond acceptors (Lipinski definition) is 8. The van der Waals surface area contributed by atoms with Crippen molar-refractivity contribution in [1.82, 2.24) is 19.4 Å². The molecule has 1 aromatic heterocycles. The zero-order valence-electron chi connectivity index (χ0n) is 22.0. The number of rotatable bonds is 11. The molecule has 39 heavy (non-hydrogen) atoms. The van der Waals surface area contributed by atoms with Gasteiger partial charge in [0.2, 0.25) is 0 Å². The van der Waals surface area contributed by atoms with E-state index in [2.05, 4.69) is 31.9 Å². The second-order valence-corrected chi connectivity index (χ2v) is 10.0. The second kappa shape index (κ2) is 12.3. The van der Waals surface area contributed by atoms with Crippen LogP contribution < -0.4 is 5.43 Å². The molecule has 2 aromatic carbocycles. The third-order valence-electron chi connectivity index (χ3n) is 7.23. The van der Waals surface area contributed by atoms with Crippen molar-refractivity contribution in [3.8, 4) is 0 Å². The number of β-amino-alcohol motifs (C(OH)–C–C–N with tert-alkyl or cyclic N) is 1. The van der Waals surface area contributed by atoms with Crippen LogP contribution in [0.5, 0.6) is 0 Å². The number of unbranched alkanes of at least 4 members (excludes halogenated alkanes) is 1. The SMILES string of the molecule is CCCCc1nc(Cl)c(/C=N/Nc2ccc3c4c(cccc24)C(=O)N(CCO)C3=O)n1CCN1CCOCC1. The summed E-state index contributed by atoms with van der Waals surface area (Å²) < 4.78 is 7.62. The molecule has 3 aromatic rings. The molecule has 2 aliphatic rings. The van der Waals surface area contributed by atoms with Gasteiger partial charge >= 0.3 is 0 Å². The number of imidazole rings is 1. The lowest BCUT2D eigenvalue weighted by atomic mass is 9.93. The van der Waals surface area contributed by atoms with Crippen molar-refractivity contribution >= 4 is 46.1 Å². The van der Waals surface area contributed by atoms with Crippen LogP contribution in [0.2, 0.25) is 5.15 Å². The van der Waals surface area contributed by atoms with Crippen LogP contribution in [0, 0.1) is 0 Å². The number of benzene rings is 2. The number of halogens is 1. The predicted molar refractivity (Wildman–Crippen MR) is 151 cm³/mol. The normalized spacial score (nSPS) is 16.1. The fourth-order valence-corrected chi connectivity index (χ4v) is 5.40. The van der Waals surface area contributed by atoms with Crippen LogP contribution in [0.3, 0.4) is 0 Å². The number of amides is 2. The van der Waals surface area contributed by atoms with E-state index in [1.807, 2.05) is 6.07 Å². The van der Waals surface area contributed by atoms with Gasteiger partial charge in [0.15, 0.2) is 5.15 Å². The topological polar surface area (TPSA) is 112 Å². The molecule has 5 rings (SSSR count). The van der Waals surface area contributed by atoms with Gasteiger partial charge in [0, 0.05) is 54.5 Å². The number of anilines is 1. The lowest BCUT2D eigenvalue weighted by Crippen LogP contribution is -2.41. The Kier molecular flexibility index (Phi) is 8.56. The fourth-order valence-electron chi connectivity index (χ4n) is 5.16. The van der Waals surface area contributed by atoms with Crippen LogP contribution in [-0.2, 0) is 17.7 Å². The van der Waals surface area contributed by atoms with Crippen molar-refractivity contribution in [3.05, 3.63) is 58.1 Å². The number of aromatic nitrogens is 2. The molecule has 0 saturated carbocycles. The van der Waals surface area contributed by atoms with Crippen LogP contribution in [0.25, 0.3) is 10.8 Å². The van der Waals surface area contributed by atoms with Crippen LogP contribution in [0.1, 0.15) is 52.0 Å². The van der Waals surface area contributed by atoms with Crippen molar-refractivity contribution in [3.63, 3.8) is 0 Å². The average molecular weight is 553 g/mol. The number of nitrogens with zero attached hydrogens (tertiary/aromatic N) is 5. The standard InChI is InChI=1S/C28H33ClN6O4/c1-2-3-7-24-31-26(29)23(34(24)11-10-33-13-16-39-17-14-33)18-30-32-22-9-8-21-25-19(22)5-4-6-20(25)27(37)35(12-15-36)28(21)38/h4-6,8-9,18,32,36H,2-3,7,10-17H2,1H3/b30-18+. The first kappa shape index (κ1) is 27.3. The monoisotopic (exact) mass is 552 g/mol. The Labute approximate surface area is 232 Å². The number of ether oxygens (including phenoxy) is 1. The highest BCUT2D eigenvalue weighted by Crippen LogP contribution is 2.34. The predicted octanol–water partition coefficient (Wildman–Crippen LogP) is 3.40. The lowest BCUT2D eigenvalue weighted by Gasteiger charge is -2.27. The molecule has 3 heterocycles. The number of carbonyl (C=O) groups is 2. The summed E-state index contributed by atoms with van der Waals surface area (Å²) in [6.07, 6.45) is 4.60. The van der Waals surface area contributed by atoms with Gasteiger partial charge in [-0.15, -0.1) is 0 Å². The van der Waals surface area contributed by atoms with Crippen LogP contribution >= 0.6 is 11.6 Å². The number of hydrogen-bond donors (Lipinski definition) is 2. The number of nitrogens with one attached hydrogen (secondary N) is 1. The summed E-state index contributed by atoms with van der Waals surface area (Å²) in [5.74, 6) is 0.120. The first-order chi connectivity index (χ1) is 19.0. The van der Waals surface area contributed by atoms with E-state index in [0.29, 0.717) is 32.7 Å². The minimum absolute atomic E-state index is 0.0436. The van der Waals surface area contributed by atoms with Crippen molar-refractivity contribution in [2.45, 2.75) is 32.7 Å².